The average molecular weight is 449 g/mol. The lowest BCUT2D eigenvalue weighted by molar-refractivity contribution is -0.396. The van der Waals surface area contributed by atoms with E-state index in [1.807, 2.05) is 42.5 Å². The highest BCUT2D eigenvalue weighted by atomic mass is 32.2. The van der Waals surface area contributed by atoms with Crippen molar-refractivity contribution in [1.82, 2.24) is 0 Å². The molecule has 162 valence electrons. The minimum Gasteiger partial charge on any atom is -0.497 e. The van der Waals surface area contributed by atoms with Gasteiger partial charge in [0.2, 0.25) is 0 Å². The second-order valence-electron chi connectivity index (χ2n) is 7.30. The minimum absolute atomic E-state index is 0.261. The molecule has 1 unspecified atom stereocenters. The van der Waals surface area contributed by atoms with Crippen LogP contribution in [0.2, 0.25) is 0 Å². The summed E-state index contributed by atoms with van der Waals surface area (Å²) in [6.45, 7) is 0. The Hall–Kier alpha value is -3.72. The van der Waals surface area contributed by atoms with Crippen molar-refractivity contribution in [3.05, 3.63) is 104 Å². The van der Waals surface area contributed by atoms with Gasteiger partial charge in [-0.15, -0.1) is 0 Å². The normalized spacial score (nSPS) is 18.7. The van der Waals surface area contributed by atoms with Gasteiger partial charge in [-0.25, -0.2) is 4.40 Å². The van der Waals surface area contributed by atoms with Crippen LogP contribution in [0, 0.1) is 20.2 Å². The maximum absolute atomic E-state index is 11.5. The molecular formula is C23H19N3O5S. The summed E-state index contributed by atoms with van der Waals surface area (Å²) in [6.07, 6.45) is 1.60. The fourth-order valence-corrected chi connectivity index (χ4v) is 4.75. The standard InChI is InChI=1S/C23H19N3O5S/c1-31-19-10-7-17(8-11-19)23(16-5-3-2-4-6-16)14-13-22(23)24-32-21-12-9-18(25(27)28)15-20(21)26(29)30/h2-12,15H,13-14H2,1H3/b24-22+. The van der Waals surface area contributed by atoms with E-state index in [1.165, 1.54) is 12.1 Å². The predicted octanol–water partition coefficient (Wildman–Crippen LogP) is 5.74. The fraction of sp³-hybridized carbons (Fsp3) is 0.174. The Morgan fingerprint density at radius 2 is 1.62 bits per heavy atom. The lowest BCUT2D eigenvalue weighted by Gasteiger charge is -2.44. The van der Waals surface area contributed by atoms with E-state index in [4.69, 9.17) is 9.13 Å². The molecule has 8 nitrogen and oxygen atoms in total. The number of non-ortho nitro benzene ring substituents is 1. The van der Waals surface area contributed by atoms with Crippen LogP contribution in [0.5, 0.6) is 5.75 Å². The van der Waals surface area contributed by atoms with Gasteiger partial charge in [0.05, 0.1) is 28.4 Å². The van der Waals surface area contributed by atoms with Gasteiger partial charge >= 0.3 is 0 Å². The van der Waals surface area contributed by atoms with Gasteiger partial charge in [-0.2, -0.15) is 0 Å². The van der Waals surface area contributed by atoms with Gasteiger partial charge in [0.1, 0.15) is 10.6 Å². The highest BCUT2D eigenvalue weighted by Crippen LogP contribution is 2.48. The molecule has 3 aromatic rings. The van der Waals surface area contributed by atoms with Gasteiger partial charge in [0, 0.05) is 23.7 Å². The molecule has 0 N–H and O–H groups in total. The van der Waals surface area contributed by atoms with E-state index in [2.05, 4.69) is 12.1 Å². The van der Waals surface area contributed by atoms with E-state index in [1.54, 1.807) is 7.11 Å². The predicted molar refractivity (Wildman–Crippen MR) is 122 cm³/mol. The van der Waals surface area contributed by atoms with E-state index < -0.39 is 15.3 Å². The van der Waals surface area contributed by atoms with Gasteiger partial charge in [-0.1, -0.05) is 42.5 Å². The fourth-order valence-electron chi connectivity index (χ4n) is 3.94. The van der Waals surface area contributed by atoms with Crippen molar-refractivity contribution >= 4 is 29.0 Å². The molecule has 1 aliphatic carbocycles. The van der Waals surface area contributed by atoms with Crippen LogP contribution >= 0.6 is 11.9 Å². The molecule has 1 saturated carbocycles. The second-order valence-corrected chi connectivity index (χ2v) is 8.10. The summed E-state index contributed by atoms with van der Waals surface area (Å²) in [5.41, 5.74) is 1.96. The van der Waals surface area contributed by atoms with Crippen molar-refractivity contribution in [2.45, 2.75) is 23.2 Å². The number of hydrogen-bond acceptors (Lipinski definition) is 7. The van der Waals surface area contributed by atoms with E-state index in [-0.39, 0.29) is 16.3 Å². The maximum Gasteiger partial charge on any atom is 0.291 e. The van der Waals surface area contributed by atoms with Gasteiger partial charge in [-0.3, -0.25) is 20.2 Å². The summed E-state index contributed by atoms with van der Waals surface area (Å²) in [4.78, 5) is 21.4. The third-order valence-electron chi connectivity index (χ3n) is 5.68. The number of benzene rings is 3. The highest BCUT2D eigenvalue weighted by molar-refractivity contribution is 7.98. The van der Waals surface area contributed by atoms with Gasteiger partial charge in [0.15, 0.2) is 0 Å². The lowest BCUT2D eigenvalue weighted by Crippen LogP contribution is -2.46. The zero-order chi connectivity index (χ0) is 22.7. The van der Waals surface area contributed by atoms with Crippen LogP contribution in [0.25, 0.3) is 0 Å². The largest absolute Gasteiger partial charge is 0.497 e. The number of hydrogen-bond donors (Lipinski definition) is 0. The summed E-state index contributed by atoms with van der Waals surface area (Å²) in [6, 6.07) is 21.5. The summed E-state index contributed by atoms with van der Waals surface area (Å²) < 4.78 is 9.98. The Balaban J connectivity index is 1.74. The number of ether oxygens (including phenoxy) is 1. The Morgan fingerprint density at radius 3 is 2.19 bits per heavy atom. The molecule has 1 aliphatic rings. The van der Waals surface area contributed by atoms with E-state index in [9.17, 15) is 20.2 Å². The molecule has 0 radical (unpaired) electrons. The molecule has 32 heavy (non-hydrogen) atoms. The highest BCUT2D eigenvalue weighted by Gasteiger charge is 2.46. The Bertz CT molecular complexity index is 1200. The molecule has 0 aliphatic heterocycles. The van der Waals surface area contributed by atoms with Crippen LogP contribution in [0.3, 0.4) is 0 Å². The number of rotatable bonds is 7. The van der Waals surface area contributed by atoms with Crippen LogP contribution in [-0.2, 0) is 5.41 Å². The monoisotopic (exact) mass is 449 g/mol. The molecule has 0 bridgehead atoms. The molecule has 0 heterocycles. The van der Waals surface area contributed by atoms with Gasteiger partial charge in [-0.05, 0) is 42.2 Å². The molecule has 0 saturated heterocycles. The Kier molecular flexibility index (Phi) is 5.91. The Labute approximate surface area is 188 Å². The number of nitrogens with zero attached hydrogens (tertiary/aromatic N) is 3. The lowest BCUT2D eigenvalue weighted by atomic mass is 9.59. The smallest absolute Gasteiger partial charge is 0.291 e. The van der Waals surface area contributed by atoms with Crippen LogP contribution in [0.4, 0.5) is 11.4 Å². The molecule has 3 aromatic carbocycles. The van der Waals surface area contributed by atoms with Crippen molar-refractivity contribution in [3.63, 3.8) is 0 Å². The quantitative estimate of drug-likeness (QED) is 0.259. The third kappa shape index (κ3) is 3.82. The van der Waals surface area contributed by atoms with Crippen LogP contribution in [-0.4, -0.2) is 22.7 Å². The number of nitro benzene ring substituents is 2. The van der Waals surface area contributed by atoms with Gasteiger partial charge in [0.25, 0.3) is 11.4 Å². The molecule has 1 atom stereocenters. The summed E-state index contributed by atoms with van der Waals surface area (Å²) in [5, 5.41) is 22.5. The van der Waals surface area contributed by atoms with Crippen molar-refractivity contribution < 1.29 is 14.6 Å². The molecule has 0 amide bonds. The van der Waals surface area contributed by atoms with E-state index in [0.29, 0.717) is 0 Å². The maximum atomic E-state index is 11.5. The molecule has 9 heteroatoms. The van der Waals surface area contributed by atoms with Crippen molar-refractivity contribution in [3.8, 4) is 5.75 Å². The summed E-state index contributed by atoms with van der Waals surface area (Å²) >= 11 is 0.978. The third-order valence-corrected chi connectivity index (χ3v) is 6.54. The van der Waals surface area contributed by atoms with Crippen LogP contribution < -0.4 is 4.74 Å². The zero-order valence-corrected chi connectivity index (χ0v) is 18.0. The molecular weight excluding hydrogens is 430 g/mol. The van der Waals surface area contributed by atoms with Crippen molar-refractivity contribution in [1.29, 1.82) is 0 Å². The first-order valence-electron chi connectivity index (χ1n) is 9.83. The summed E-state index contributed by atoms with van der Waals surface area (Å²) in [5.74, 6) is 0.755. The number of methoxy groups -OCH3 is 1. The second kappa shape index (κ2) is 8.80. The average Bonchev–Trinajstić information content (AvgIpc) is 2.80. The molecule has 1 fully saturated rings. The number of nitro groups is 2. The van der Waals surface area contributed by atoms with Gasteiger partial charge < -0.3 is 4.74 Å². The van der Waals surface area contributed by atoms with Crippen molar-refractivity contribution in [2.24, 2.45) is 4.40 Å². The Morgan fingerprint density at radius 1 is 0.938 bits per heavy atom. The van der Waals surface area contributed by atoms with E-state index >= 15 is 0 Å². The van der Waals surface area contributed by atoms with Crippen molar-refractivity contribution in [2.75, 3.05) is 7.11 Å². The van der Waals surface area contributed by atoms with Crippen LogP contribution in [0.1, 0.15) is 24.0 Å². The molecule has 4 rings (SSSR count). The topological polar surface area (TPSA) is 108 Å². The first-order valence-corrected chi connectivity index (χ1v) is 10.6. The minimum atomic E-state index is -0.649. The molecule has 0 spiro atoms. The first kappa shape index (κ1) is 21.5. The SMILES string of the molecule is COc1ccc(C2(c3ccccc3)CC/C2=N\Sc2ccc([N+](=O)[O-])cc2[N+](=O)[O-])cc1. The van der Waals surface area contributed by atoms with Crippen LogP contribution in [0.15, 0.2) is 82.1 Å². The first-order chi connectivity index (χ1) is 15.5. The van der Waals surface area contributed by atoms with E-state index in [0.717, 1.165) is 53.4 Å². The summed E-state index contributed by atoms with van der Waals surface area (Å²) in [7, 11) is 1.62. The zero-order valence-electron chi connectivity index (χ0n) is 17.1. The molecule has 0 aromatic heterocycles.